The average molecular weight is 337 g/mol. The number of carbonyl (C=O) groups is 1. The molecule has 0 bridgehead atoms. The van der Waals surface area contributed by atoms with E-state index in [1.807, 2.05) is 13.0 Å². The molecule has 2 rings (SSSR count). The maximum absolute atomic E-state index is 11.9. The molecule has 20 heavy (non-hydrogen) atoms. The molecule has 0 saturated carbocycles. The molecule has 0 N–H and O–H groups in total. The fraction of sp³-hybridized carbons (Fsp3) is 0.286. The second-order valence-electron chi connectivity index (χ2n) is 4.51. The highest BCUT2D eigenvalue weighted by atomic mass is 79.9. The first kappa shape index (κ1) is 14.6. The van der Waals surface area contributed by atoms with E-state index >= 15 is 0 Å². The van der Waals surface area contributed by atoms with E-state index in [9.17, 15) is 14.9 Å². The highest BCUT2D eigenvalue weighted by molar-refractivity contribution is 9.10. The summed E-state index contributed by atoms with van der Waals surface area (Å²) in [5, 5.41) is 11.8. The zero-order valence-electron chi connectivity index (χ0n) is 10.9. The van der Waals surface area contributed by atoms with Gasteiger partial charge in [-0.2, -0.15) is 0 Å². The van der Waals surface area contributed by atoms with Crippen molar-refractivity contribution in [3.63, 3.8) is 0 Å². The fourth-order valence-electron chi connectivity index (χ4n) is 2.12. The van der Waals surface area contributed by atoms with Gasteiger partial charge in [0, 0.05) is 28.3 Å². The second kappa shape index (κ2) is 6.09. The van der Waals surface area contributed by atoms with E-state index in [-0.39, 0.29) is 17.9 Å². The minimum Gasteiger partial charge on any atom is -0.299 e. The quantitative estimate of drug-likeness (QED) is 0.614. The van der Waals surface area contributed by atoms with Crippen molar-refractivity contribution in [3.8, 4) is 0 Å². The molecule has 0 aliphatic carbocycles. The molecule has 0 radical (unpaired) electrons. The van der Waals surface area contributed by atoms with Gasteiger partial charge in [-0.05, 0) is 24.6 Å². The van der Waals surface area contributed by atoms with Gasteiger partial charge >= 0.3 is 0 Å². The van der Waals surface area contributed by atoms with Crippen molar-refractivity contribution in [2.75, 3.05) is 0 Å². The van der Waals surface area contributed by atoms with E-state index in [2.05, 4.69) is 20.9 Å². The van der Waals surface area contributed by atoms with Crippen LogP contribution in [0.3, 0.4) is 0 Å². The number of ketones is 1. The summed E-state index contributed by atoms with van der Waals surface area (Å²) < 4.78 is 0.802. The molecule has 0 fully saturated rings. The van der Waals surface area contributed by atoms with Crippen molar-refractivity contribution < 1.29 is 9.72 Å². The van der Waals surface area contributed by atoms with Crippen LogP contribution in [0.1, 0.15) is 25.3 Å². The topological polar surface area (TPSA) is 73.1 Å². The number of halogens is 1. The van der Waals surface area contributed by atoms with E-state index in [1.54, 1.807) is 12.1 Å². The SMILES string of the molecule is CCCC(=O)Cc1c([N+](=O)[O-])cnc2ccc(Br)cc12. The van der Waals surface area contributed by atoms with Crippen LogP contribution in [0.25, 0.3) is 10.9 Å². The van der Waals surface area contributed by atoms with Gasteiger partial charge in [-0.15, -0.1) is 0 Å². The zero-order valence-corrected chi connectivity index (χ0v) is 12.5. The minimum atomic E-state index is -0.484. The Balaban J connectivity index is 2.61. The van der Waals surface area contributed by atoms with E-state index in [0.717, 1.165) is 10.9 Å². The Bertz CT molecular complexity index is 685. The Hall–Kier alpha value is -1.82. The number of rotatable bonds is 5. The molecule has 0 spiro atoms. The number of hydrogen-bond donors (Lipinski definition) is 0. The van der Waals surface area contributed by atoms with Crippen molar-refractivity contribution in [2.45, 2.75) is 26.2 Å². The molecule has 6 heteroatoms. The molecule has 5 nitrogen and oxygen atoms in total. The first-order valence-corrected chi connectivity index (χ1v) is 7.05. The van der Waals surface area contributed by atoms with Crippen molar-refractivity contribution in [3.05, 3.63) is 44.5 Å². The molecular weight excluding hydrogens is 324 g/mol. The van der Waals surface area contributed by atoms with Crippen molar-refractivity contribution in [1.82, 2.24) is 4.98 Å². The summed E-state index contributed by atoms with van der Waals surface area (Å²) in [7, 11) is 0. The Labute approximate surface area is 124 Å². The molecular formula is C14H13BrN2O3. The molecule has 0 aliphatic rings. The number of hydrogen-bond acceptors (Lipinski definition) is 4. The normalized spacial score (nSPS) is 10.7. The maximum Gasteiger partial charge on any atom is 0.291 e. The summed E-state index contributed by atoms with van der Waals surface area (Å²) in [4.78, 5) is 26.6. The van der Waals surface area contributed by atoms with Crippen molar-refractivity contribution in [2.24, 2.45) is 0 Å². The second-order valence-corrected chi connectivity index (χ2v) is 5.42. The van der Waals surface area contributed by atoms with Gasteiger partial charge in [0.25, 0.3) is 5.69 Å². The number of nitrogens with zero attached hydrogens (tertiary/aromatic N) is 2. The zero-order chi connectivity index (χ0) is 14.7. The third-order valence-corrected chi connectivity index (χ3v) is 3.51. The Kier molecular flexibility index (Phi) is 4.44. The molecule has 1 aromatic heterocycles. The number of Topliss-reactive ketones (excluding diaryl/α,β-unsaturated/α-hetero) is 1. The summed E-state index contributed by atoms with van der Waals surface area (Å²) in [5.41, 5.74) is 0.998. The van der Waals surface area contributed by atoms with Crippen LogP contribution < -0.4 is 0 Å². The lowest BCUT2D eigenvalue weighted by atomic mass is 10.0. The molecule has 0 saturated heterocycles. The molecule has 0 amide bonds. The standard InChI is InChI=1S/C14H13BrN2O3/c1-2-3-10(18)7-12-11-6-9(15)4-5-13(11)16-8-14(12)17(19)20/h4-6,8H,2-3,7H2,1H3. The molecule has 0 unspecified atom stereocenters. The predicted octanol–water partition coefficient (Wildman–Crippen LogP) is 3.82. The summed E-state index contributed by atoms with van der Waals surface area (Å²) in [6.07, 6.45) is 2.46. The number of benzene rings is 1. The van der Waals surface area contributed by atoms with Gasteiger partial charge in [0.2, 0.25) is 0 Å². The van der Waals surface area contributed by atoms with E-state index in [0.29, 0.717) is 22.9 Å². The van der Waals surface area contributed by atoms with Crippen LogP contribution in [-0.2, 0) is 11.2 Å². The smallest absolute Gasteiger partial charge is 0.291 e. The van der Waals surface area contributed by atoms with Crippen molar-refractivity contribution in [1.29, 1.82) is 0 Å². The molecule has 0 atom stereocenters. The highest BCUT2D eigenvalue weighted by Crippen LogP contribution is 2.29. The highest BCUT2D eigenvalue weighted by Gasteiger charge is 2.20. The molecule has 2 aromatic rings. The summed E-state index contributed by atoms with van der Waals surface area (Å²) >= 11 is 3.34. The van der Waals surface area contributed by atoms with E-state index in [1.165, 1.54) is 6.20 Å². The number of carbonyl (C=O) groups excluding carboxylic acids is 1. The van der Waals surface area contributed by atoms with E-state index < -0.39 is 4.92 Å². The fourth-order valence-corrected chi connectivity index (χ4v) is 2.48. The first-order chi connectivity index (χ1) is 9.52. The first-order valence-electron chi connectivity index (χ1n) is 6.26. The van der Waals surface area contributed by atoms with Gasteiger partial charge in [0.05, 0.1) is 10.4 Å². The van der Waals surface area contributed by atoms with Gasteiger partial charge in [0.1, 0.15) is 12.0 Å². The number of aromatic nitrogens is 1. The van der Waals surface area contributed by atoms with Crippen molar-refractivity contribution >= 4 is 38.3 Å². The van der Waals surface area contributed by atoms with Gasteiger partial charge in [0.15, 0.2) is 0 Å². The Morgan fingerprint density at radius 2 is 2.20 bits per heavy atom. The van der Waals surface area contributed by atoms with Gasteiger partial charge in [-0.1, -0.05) is 22.9 Å². The summed E-state index contributed by atoms with van der Waals surface area (Å²) in [6.45, 7) is 1.91. The lowest BCUT2D eigenvalue weighted by Gasteiger charge is -2.07. The Morgan fingerprint density at radius 1 is 1.45 bits per heavy atom. The third kappa shape index (κ3) is 3.01. The summed E-state index contributed by atoms with van der Waals surface area (Å²) in [5.74, 6) is 0.00285. The molecule has 0 aliphatic heterocycles. The lowest BCUT2D eigenvalue weighted by molar-refractivity contribution is -0.385. The van der Waals surface area contributed by atoms with Gasteiger partial charge in [-0.25, -0.2) is 4.98 Å². The predicted molar refractivity (Wildman–Crippen MR) is 79.7 cm³/mol. The van der Waals surface area contributed by atoms with Gasteiger partial charge < -0.3 is 0 Å². The summed E-state index contributed by atoms with van der Waals surface area (Å²) in [6, 6.07) is 5.36. The number of fused-ring (bicyclic) bond motifs is 1. The lowest BCUT2D eigenvalue weighted by Crippen LogP contribution is -2.06. The van der Waals surface area contributed by atoms with Crippen LogP contribution in [0.2, 0.25) is 0 Å². The minimum absolute atomic E-state index is 0.00285. The van der Waals surface area contributed by atoms with E-state index in [4.69, 9.17) is 0 Å². The monoisotopic (exact) mass is 336 g/mol. The average Bonchev–Trinajstić information content (AvgIpc) is 2.39. The third-order valence-electron chi connectivity index (χ3n) is 3.02. The van der Waals surface area contributed by atoms with Crippen LogP contribution in [0.15, 0.2) is 28.9 Å². The molecule has 104 valence electrons. The van der Waals surface area contributed by atoms with Gasteiger partial charge in [-0.3, -0.25) is 14.9 Å². The number of nitro groups is 1. The maximum atomic E-state index is 11.9. The van der Waals surface area contributed by atoms with Crippen LogP contribution in [-0.4, -0.2) is 15.7 Å². The van der Waals surface area contributed by atoms with Crippen LogP contribution in [0, 0.1) is 10.1 Å². The Morgan fingerprint density at radius 3 is 2.85 bits per heavy atom. The molecule has 1 heterocycles. The van der Waals surface area contributed by atoms with Crippen LogP contribution >= 0.6 is 15.9 Å². The largest absolute Gasteiger partial charge is 0.299 e. The number of pyridine rings is 1. The van der Waals surface area contributed by atoms with Crippen LogP contribution in [0.4, 0.5) is 5.69 Å². The molecule has 1 aromatic carbocycles. The van der Waals surface area contributed by atoms with Crippen LogP contribution in [0.5, 0.6) is 0 Å².